The molecule has 2 N–H and O–H groups in total. The second-order valence-electron chi connectivity index (χ2n) is 6.19. The first-order chi connectivity index (χ1) is 13.6. The number of hydrogen-bond donors (Lipinski definition) is 2. The van der Waals surface area contributed by atoms with E-state index in [2.05, 4.69) is 20.8 Å². The van der Waals surface area contributed by atoms with Crippen LogP contribution in [0.5, 0.6) is 0 Å². The molecule has 28 heavy (non-hydrogen) atoms. The zero-order chi connectivity index (χ0) is 19.8. The Kier molecular flexibility index (Phi) is 6.85. The molecule has 3 rings (SSSR count). The first kappa shape index (κ1) is 19.7. The highest BCUT2D eigenvalue weighted by atomic mass is 32.2. The van der Waals surface area contributed by atoms with Gasteiger partial charge in [-0.3, -0.25) is 9.59 Å². The van der Waals surface area contributed by atoms with E-state index in [9.17, 15) is 9.59 Å². The van der Waals surface area contributed by atoms with E-state index in [0.29, 0.717) is 18.1 Å². The Morgan fingerprint density at radius 3 is 2.57 bits per heavy atom. The summed E-state index contributed by atoms with van der Waals surface area (Å²) in [6, 6.07) is 9.69. The van der Waals surface area contributed by atoms with Crippen molar-refractivity contribution in [3.63, 3.8) is 0 Å². The highest BCUT2D eigenvalue weighted by Gasteiger charge is 2.08. The zero-order valence-corrected chi connectivity index (χ0v) is 16.2. The number of aromatic nitrogens is 3. The van der Waals surface area contributed by atoms with Gasteiger partial charge in [-0.25, -0.2) is 4.98 Å². The Hall–Kier alpha value is -3.07. The monoisotopic (exact) mass is 399 g/mol. The Morgan fingerprint density at radius 2 is 1.89 bits per heavy atom. The maximum absolute atomic E-state index is 11.9. The van der Waals surface area contributed by atoms with E-state index in [0.717, 1.165) is 17.7 Å². The van der Waals surface area contributed by atoms with Crippen molar-refractivity contribution >= 4 is 29.4 Å². The standard InChI is InChI=1S/C19H21N5O3S/c1-14-8-17(23-27-14)22-19(26)12-28-11-18(25)21-9-15-2-4-16(5-3-15)10-24-7-6-20-13-24/h2-8,13H,9-12H2,1H3,(H,21,25)(H,22,23,26). The molecule has 0 aliphatic heterocycles. The first-order valence-corrected chi connectivity index (χ1v) is 9.85. The molecule has 0 unspecified atom stereocenters. The van der Waals surface area contributed by atoms with E-state index in [-0.39, 0.29) is 23.3 Å². The van der Waals surface area contributed by atoms with Crippen LogP contribution in [0.3, 0.4) is 0 Å². The number of thioether (sulfide) groups is 1. The Morgan fingerprint density at radius 1 is 1.14 bits per heavy atom. The summed E-state index contributed by atoms with van der Waals surface area (Å²) in [7, 11) is 0. The van der Waals surface area contributed by atoms with Crippen molar-refractivity contribution in [3.05, 3.63) is 65.9 Å². The van der Waals surface area contributed by atoms with Crippen LogP contribution in [-0.2, 0) is 22.7 Å². The van der Waals surface area contributed by atoms with Crippen molar-refractivity contribution in [1.29, 1.82) is 0 Å². The van der Waals surface area contributed by atoms with Gasteiger partial charge in [-0.2, -0.15) is 0 Å². The van der Waals surface area contributed by atoms with Gasteiger partial charge in [-0.15, -0.1) is 11.8 Å². The third-order valence-corrected chi connectivity index (χ3v) is 4.73. The molecular formula is C19H21N5O3S. The van der Waals surface area contributed by atoms with E-state index >= 15 is 0 Å². The van der Waals surface area contributed by atoms with Crippen LogP contribution in [0.2, 0.25) is 0 Å². The molecule has 0 atom stereocenters. The van der Waals surface area contributed by atoms with Crippen LogP contribution in [0.4, 0.5) is 5.82 Å². The van der Waals surface area contributed by atoms with Gasteiger partial charge in [0.2, 0.25) is 11.8 Å². The van der Waals surface area contributed by atoms with Gasteiger partial charge in [0.15, 0.2) is 5.82 Å². The molecule has 146 valence electrons. The molecule has 3 aromatic rings. The fourth-order valence-corrected chi connectivity index (χ4v) is 3.09. The summed E-state index contributed by atoms with van der Waals surface area (Å²) in [4.78, 5) is 27.7. The fourth-order valence-electron chi connectivity index (χ4n) is 2.45. The number of nitrogens with one attached hydrogen (secondary N) is 2. The molecule has 0 radical (unpaired) electrons. The SMILES string of the molecule is Cc1cc(NC(=O)CSCC(=O)NCc2ccc(Cn3ccnc3)cc2)no1. The number of imidazole rings is 1. The highest BCUT2D eigenvalue weighted by molar-refractivity contribution is 8.00. The lowest BCUT2D eigenvalue weighted by molar-refractivity contribution is -0.118. The van der Waals surface area contributed by atoms with Crippen molar-refractivity contribution in [1.82, 2.24) is 20.0 Å². The molecule has 0 saturated carbocycles. The first-order valence-electron chi connectivity index (χ1n) is 8.69. The van der Waals surface area contributed by atoms with Gasteiger partial charge in [0, 0.05) is 31.5 Å². The number of hydrogen-bond acceptors (Lipinski definition) is 6. The largest absolute Gasteiger partial charge is 0.360 e. The average molecular weight is 399 g/mol. The average Bonchev–Trinajstić information content (AvgIpc) is 3.33. The molecule has 2 amide bonds. The molecule has 8 nitrogen and oxygen atoms in total. The van der Waals surface area contributed by atoms with E-state index in [1.807, 2.05) is 35.0 Å². The minimum absolute atomic E-state index is 0.113. The third-order valence-electron chi connectivity index (χ3n) is 3.80. The van der Waals surface area contributed by atoms with E-state index in [1.165, 1.54) is 11.8 Å². The molecule has 0 aliphatic carbocycles. The fraction of sp³-hybridized carbons (Fsp3) is 0.263. The lowest BCUT2D eigenvalue weighted by atomic mass is 10.1. The summed E-state index contributed by atoms with van der Waals surface area (Å²) in [6.07, 6.45) is 5.44. The summed E-state index contributed by atoms with van der Waals surface area (Å²) in [5.41, 5.74) is 2.18. The number of carbonyl (C=O) groups is 2. The summed E-state index contributed by atoms with van der Waals surface area (Å²) in [5, 5.41) is 9.16. The molecule has 0 saturated heterocycles. The van der Waals surface area contributed by atoms with Crippen molar-refractivity contribution in [2.45, 2.75) is 20.0 Å². The Labute approximate surface area is 166 Å². The minimum atomic E-state index is -0.223. The molecule has 9 heteroatoms. The lowest BCUT2D eigenvalue weighted by Crippen LogP contribution is -2.25. The van der Waals surface area contributed by atoms with Crippen molar-refractivity contribution in [2.24, 2.45) is 0 Å². The summed E-state index contributed by atoms with van der Waals surface area (Å²) in [5.74, 6) is 1.05. The number of nitrogens with zero attached hydrogens (tertiary/aromatic N) is 3. The predicted molar refractivity (Wildman–Crippen MR) is 107 cm³/mol. The van der Waals surface area contributed by atoms with Crippen LogP contribution in [0.1, 0.15) is 16.9 Å². The Balaban J connectivity index is 1.33. The third kappa shape index (κ3) is 6.27. The maximum Gasteiger partial charge on any atom is 0.235 e. The van der Waals surface area contributed by atoms with E-state index < -0.39 is 0 Å². The number of benzene rings is 1. The van der Waals surface area contributed by atoms with Gasteiger partial charge < -0.3 is 19.7 Å². The minimum Gasteiger partial charge on any atom is -0.360 e. The van der Waals surface area contributed by atoms with Crippen molar-refractivity contribution < 1.29 is 14.1 Å². The van der Waals surface area contributed by atoms with Crippen LogP contribution in [0.15, 0.2) is 53.6 Å². The summed E-state index contributed by atoms with van der Waals surface area (Å²) < 4.78 is 6.87. The number of rotatable bonds is 9. The predicted octanol–water partition coefficient (Wildman–Crippen LogP) is 2.22. The van der Waals surface area contributed by atoms with Gasteiger partial charge in [-0.1, -0.05) is 29.4 Å². The summed E-state index contributed by atoms with van der Waals surface area (Å²) in [6.45, 7) is 2.96. The van der Waals surface area contributed by atoms with Crippen LogP contribution in [0.25, 0.3) is 0 Å². The van der Waals surface area contributed by atoms with Gasteiger partial charge in [-0.05, 0) is 18.1 Å². The Bertz CT molecular complexity index is 906. The number of aryl methyl sites for hydroxylation is 1. The van der Waals surface area contributed by atoms with Crippen LogP contribution in [-0.4, -0.2) is 38.0 Å². The van der Waals surface area contributed by atoms with Crippen LogP contribution in [0, 0.1) is 6.92 Å². The zero-order valence-electron chi connectivity index (χ0n) is 15.4. The molecule has 1 aromatic carbocycles. The maximum atomic E-state index is 11.9. The molecule has 2 heterocycles. The highest BCUT2D eigenvalue weighted by Crippen LogP contribution is 2.09. The lowest BCUT2D eigenvalue weighted by Gasteiger charge is -2.07. The van der Waals surface area contributed by atoms with Crippen molar-refractivity contribution in [2.75, 3.05) is 16.8 Å². The summed E-state index contributed by atoms with van der Waals surface area (Å²) >= 11 is 1.24. The molecule has 2 aromatic heterocycles. The smallest absolute Gasteiger partial charge is 0.235 e. The van der Waals surface area contributed by atoms with E-state index in [4.69, 9.17) is 4.52 Å². The van der Waals surface area contributed by atoms with Gasteiger partial charge in [0.25, 0.3) is 0 Å². The number of anilines is 1. The van der Waals surface area contributed by atoms with Gasteiger partial charge >= 0.3 is 0 Å². The molecule has 0 spiro atoms. The quantitative estimate of drug-likeness (QED) is 0.572. The van der Waals surface area contributed by atoms with Crippen molar-refractivity contribution in [3.8, 4) is 0 Å². The normalized spacial score (nSPS) is 10.6. The van der Waals surface area contributed by atoms with Gasteiger partial charge in [0.1, 0.15) is 5.76 Å². The van der Waals surface area contributed by atoms with Gasteiger partial charge in [0.05, 0.1) is 17.8 Å². The molecule has 0 bridgehead atoms. The number of amides is 2. The van der Waals surface area contributed by atoms with Crippen LogP contribution >= 0.6 is 11.8 Å². The topological polar surface area (TPSA) is 102 Å². The molecular weight excluding hydrogens is 378 g/mol. The van der Waals surface area contributed by atoms with E-state index in [1.54, 1.807) is 25.5 Å². The van der Waals surface area contributed by atoms with Crippen LogP contribution < -0.4 is 10.6 Å². The second-order valence-corrected chi connectivity index (χ2v) is 7.18. The molecule has 0 fully saturated rings. The second kappa shape index (κ2) is 9.75. The molecule has 0 aliphatic rings. The number of carbonyl (C=O) groups excluding carboxylic acids is 2.